The van der Waals surface area contributed by atoms with Crippen molar-refractivity contribution in [3.8, 4) is 0 Å². The van der Waals surface area contributed by atoms with Crippen LogP contribution in [0.4, 0.5) is 0 Å². The van der Waals surface area contributed by atoms with E-state index in [1.54, 1.807) is 12.4 Å². The maximum atomic E-state index is 11.8. The molecule has 2 rings (SSSR count). The first-order valence-corrected chi connectivity index (χ1v) is 6.27. The van der Waals surface area contributed by atoms with E-state index in [4.69, 9.17) is 11.6 Å². The highest BCUT2D eigenvalue weighted by molar-refractivity contribution is 6.30. The molecule has 0 fully saturated rings. The maximum absolute atomic E-state index is 11.8. The zero-order chi connectivity index (χ0) is 12.8. The molecule has 0 spiro atoms. The van der Waals surface area contributed by atoms with Crippen LogP contribution in [0.15, 0.2) is 48.8 Å². The Kier molecular flexibility index (Phi) is 4.48. The molecule has 0 unspecified atom stereocenters. The molecule has 18 heavy (non-hydrogen) atoms. The SMILES string of the molecule is O=C(CCc1ccncc1)Cc1ccc(Cl)cc1. The minimum absolute atomic E-state index is 0.245. The van der Waals surface area contributed by atoms with Crippen LogP contribution in [-0.4, -0.2) is 10.8 Å². The average molecular weight is 260 g/mol. The van der Waals surface area contributed by atoms with Gasteiger partial charge in [0, 0.05) is 30.3 Å². The van der Waals surface area contributed by atoms with Crippen molar-refractivity contribution in [2.24, 2.45) is 0 Å². The fraction of sp³-hybridized carbons (Fsp3) is 0.200. The number of hydrogen-bond acceptors (Lipinski definition) is 2. The Labute approximate surface area is 112 Å². The van der Waals surface area contributed by atoms with Crippen LogP contribution in [0.2, 0.25) is 5.02 Å². The Balaban J connectivity index is 1.84. The fourth-order valence-corrected chi connectivity index (χ4v) is 1.88. The number of rotatable bonds is 5. The van der Waals surface area contributed by atoms with E-state index >= 15 is 0 Å². The van der Waals surface area contributed by atoms with Crippen molar-refractivity contribution in [3.63, 3.8) is 0 Å². The van der Waals surface area contributed by atoms with E-state index in [0.29, 0.717) is 17.9 Å². The minimum atomic E-state index is 0.245. The number of aryl methyl sites for hydroxylation is 1. The predicted octanol–water partition coefficient (Wildman–Crippen LogP) is 3.48. The van der Waals surface area contributed by atoms with Gasteiger partial charge in [0.05, 0.1) is 0 Å². The highest BCUT2D eigenvalue weighted by atomic mass is 35.5. The predicted molar refractivity (Wildman–Crippen MR) is 72.7 cm³/mol. The van der Waals surface area contributed by atoms with Crippen LogP contribution in [0, 0.1) is 0 Å². The van der Waals surface area contributed by atoms with Gasteiger partial charge in [-0.2, -0.15) is 0 Å². The van der Waals surface area contributed by atoms with Gasteiger partial charge in [0.15, 0.2) is 0 Å². The Bertz CT molecular complexity index is 508. The number of carbonyl (C=O) groups is 1. The summed E-state index contributed by atoms with van der Waals surface area (Å²) in [6.45, 7) is 0. The summed E-state index contributed by atoms with van der Waals surface area (Å²) in [5.41, 5.74) is 2.16. The van der Waals surface area contributed by atoms with E-state index in [-0.39, 0.29) is 5.78 Å². The summed E-state index contributed by atoms with van der Waals surface area (Å²) in [5, 5.41) is 0.697. The van der Waals surface area contributed by atoms with Crippen molar-refractivity contribution >= 4 is 17.4 Å². The molecule has 1 aromatic heterocycles. The molecule has 2 nitrogen and oxygen atoms in total. The minimum Gasteiger partial charge on any atom is -0.299 e. The third-order valence-electron chi connectivity index (χ3n) is 2.76. The van der Waals surface area contributed by atoms with Crippen molar-refractivity contribution in [2.45, 2.75) is 19.3 Å². The smallest absolute Gasteiger partial charge is 0.137 e. The first-order valence-electron chi connectivity index (χ1n) is 5.89. The van der Waals surface area contributed by atoms with Crippen LogP contribution < -0.4 is 0 Å². The van der Waals surface area contributed by atoms with Crippen LogP contribution in [-0.2, 0) is 17.6 Å². The summed E-state index contributed by atoms with van der Waals surface area (Å²) in [4.78, 5) is 15.8. The molecular weight excluding hydrogens is 246 g/mol. The van der Waals surface area contributed by atoms with Gasteiger partial charge >= 0.3 is 0 Å². The summed E-state index contributed by atoms with van der Waals surface area (Å²) < 4.78 is 0. The zero-order valence-corrected chi connectivity index (χ0v) is 10.7. The molecule has 0 N–H and O–H groups in total. The molecule has 1 aromatic carbocycles. The Morgan fingerprint density at radius 2 is 1.67 bits per heavy atom. The largest absolute Gasteiger partial charge is 0.299 e. The van der Waals surface area contributed by atoms with Gasteiger partial charge in [0.2, 0.25) is 0 Å². The Morgan fingerprint density at radius 3 is 2.33 bits per heavy atom. The maximum Gasteiger partial charge on any atom is 0.137 e. The molecular formula is C15H14ClNO. The molecule has 3 heteroatoms. The van der Waals surface area contributed by atoms with Crippen molar-refractivity contribution in [2.75, 3.05) is 0 Å². The summed E-state index contributed by atoms with van der Waals surface area (Å²) in [7, 11) is 0. The number of benzene rings is 1. The number of carbonyl (C=O) groups excluding carboxylic acids is 1. The third-order valence-corrected chi connectivity index (χ3v) is 3.01. The molecule has 0 saturated heterocycles. The summed E-state index contributed by atoms with van der Waals surface area (Å²) >= 11 is 5.80. The molecule has 0 radical (unpaired) electrons. The van der Waals surface area contributed by atoms with Gasteiger partial charge in [0.1, 0.15) is 5.78 Å². The van der Waals surface area contributed by atoms with Gasteiger partial charge in [-0.15, -0.1) is 0 Å². The second-order valence-corrected chi connectivity index (χ2v) is 4.63. The van der Waals surface area contributed by atoms with Crippen LogP contribution in [0.25, 0.3) is 0 Å². The highest BCUT2D eigenvalue weighted by Gasteiger charge is 2.04. The summed E-state index contributed by atoms with van der Waals surface area (Å²) in [5.74, 6) is 0.245. The number of halogens is 1. The van der Waals surface area contributed by atoms with Crippen molar-refractivity contribution in [3.05, 3.63) is 64.9 Å². The van der Waals surface area contributed by atoms with E-state index in [1.165, 1.54) is 0 Å². The van der Waals surface area contributed by atoms with Crippen LogP contribution in [0.3, 0.4) is 0 Å². The number of Topliss-reactive ketones (excluding diaryl/α,β-unsaturated/α-hetero) is 1. The standard InChI is InChI=1S/C15H14ClNO/c16-14-4-1-13(2-5-14)11-15(18)6-3-12-7-9-17-10-8-12/h1-2,4-5,7-10H,3,6,11H2. The van der Waals surface area contributed by atoms with E-state index in [9.17, 15) is 4.79 Å². The number of ketones is 1. The van der Waals surface area contributed by atoms with Gasteiger partial charge in [0.25, 0.3) is 0 Å². The number of nitrogens with zero attached hydrogens (tertiary/aromatic N) is 1. The van der Waals surface area contributed by atoms with Crippen molar-refractivity contribution in [1.82, 2.24) is 4.98 Å². The van der Waals surface area contributed by atoms with Crippen molar-refractivity contribution < 1.29 is 4.79 Å². The van der Waals surface area contributed by atoms with Gasteiger partial charge in [-0.25, -0.2) is 0 Å². The topological polar surface area (TPSA) is 30.0 Å². The van der Waals surface area contributed by atoms with Crippen LogP contribution >= 0.6 is 11.6 Å². The second kappa shape index (κ2) is 6.31. The molecule has 0 aliphatic rings. The molecule has 0 amide bonds. The lowest BCUT2D eigenvalue weighted by atomic mass is 10.0. The molecule has 0 saturated carbocycles. The third kappa shape index (κ3) is 3.97. The average Bonchev–Trinajstić information content (AvgIpc) is 2.40. The van der Waals surface area contributed by atoms with E-state index in [1.807, 2.05) is 36.4 Å². The Hall–Kier alpha value is -1.67. The Morgan fingerprint density at radius 1 is 1.00 bits per heavy atom. The molecule has 0 atom stereocenters. The first-order chi connectivity index (χ1) is 8.74. The molecule has 0 aliphatic heterocycles. The van der Waals surface area contributed by atoms with Crippen LogP contribution in [0.5, 0.6) is 0 Å². The monoisotopic (exact) mass is 259 g/mol. The van der Waals surface area contributed by atoms with Gasteiger partial charge in [-0.05, 0) is 41.8 Å². The number of pyridine rings is 1. The summed E-state index contributed by atoms with van der Waals surface area (Å²) in [6.07, 6.45) is 5.31. The molecule has 0 aliphatic carbocycles. The summed E-state index contributed by atoms with van der Waals surface area (Å²) in [6, 6.07) is 11.3. The fourth-order valence-electron chi connectivity index (χ4n) is 1.75. The zero-order valence-electron chi connectivity index (χ0n) is 9.97. The quantitative estimate of drug-likeness (QED) is 0.823. The lowest BCUT2D eigenvalue weighted by Crippen LogP contribution is -2.04. The molecule has 92 valence electrons. The van der Waals surface area contributed by atoms with Crippen molar-refractivity contribution in [1.29, 1.82) is 0 Å². The highest BCUT2D eigenvalue weighted by Crippen LogP contribution is 2.11. The second-order valence-electron chi connectivity index (χ2n) is 4.20. The van der Waals surface area contributed by atoms with E-state index in [0.717, 1.165) is 17.5 Å². The molecule has 0 bridgehead atoms. The first kappa shape index (κ1) is 12.8. The van der Waals surface area contributed by atoms with E-state index < -0.39 is 0 Å². The molecule has 1 heterocycles. The number of hydrogen-bond donors (Lipinski definition) is 0. The van der Waals surface area contributed by atoms with Gasteiger partial charge in [-0.3, -0.25) is 9.78 Å². The normalized spacial score (nSPS) is 10.3. The molecule has 2 aromatic rings. The van der Waals surface area contributed by atoms with Gasteiger partial charge in [-0.1, -0.05) is 23.7 Å². The van der Waals surface area contributed by atoms with E-state index in [2.05, 4.69) is 4.98 Å². The van der Waals surface area contributed by atoms with Gasteiger partial charge < -0.3 is 0 Å². The lowest BCUT2D eigenvalue weighted by molar-refractivity contribution is -0.118. The van der Waals surface area contributed by atoms with Crippen LogP contribution in [0.1, 0.15) is 17.5 Å². The lowest BCUT2D eigenvalue weighted by Gasteiger charge is -2.02. The number of aromatic nitrogens is 1.